The van der Waals surface area contributed by atoms with Gasteiger partial charge in [-0.05, 0) is 31.0 Å². The van der Waals surface area contributed by atoms with E-state index in [2.05, 4.69) is 24.6 Å². The Bertz CT molecular complexity index is 593. The van der Waals surface area contributed by atoms with Crippen molar-refractivity contribution >= 4 is 19.6 Å². The van der Waals surface area contributed by atoms with Gasteiger partial charge in [-0.3, -0.25) is 0 Å². The molecule has 0 aliphatic heterocycles. The van der Waals surface area contributed by atoms with Crippen molar-refractivity contribution in [3.63, 3.8) is 0 Å². The molecule has 0 fully saturated rings. The molecule has 0 atom stereocenters. The number of hydrogen-bond donors (Lipinski definition) is 1. The monoisotopic (exact) mass is 360 g/mol. The molecule has 0 saturated heterocycles. The summed E-state index contributed by atoms with van der Waals surface area (Å²) < 4.78 is 45.4. The van der Waals surface area contributed by atoms with Crippen molar-refractivity contribution in [2.24, 2.45) is 10.7 Å². The number of benzene rings is 1. The molecule has 24 heavy (non-hydrogen) atoms. The average Bonchev–Trinajstić information content (AvgIpc) is 2.43. The maximum absolute atomic E-state index is 13.3. The highest BCUT2D eigenvalue weighted by Gasteiger charge is 2.35. The van der Waals surface area contributed by atoms with Crippen LogP contribution in [0, 0.1) is 6.92 Å². The van der Waals surface area contributed by atoms with Gasteiger partial charge in [-0.2, -0.15) is 13.2 Å². The minimum absolute atomic E-state index is 0.135. The second-order valence-electron chi connectivity index (χ2n) is 7.10. The van der Waals surface area contributed by atoms with Crippen molar-refractivity contribution in [2.45, 2.75) is 58.6 Å². The largest absolute Gasteiger partial charge is 0.493 e. The van der Waals surface area contributed by atoms with Gasteiger partial charge in [0.1, 0.15) is 5.75 Å². The summed E-state index contributed by atoms with van der Waals surface area (Å²) in [6, 6.07) is 3.44. The first-order chi connectivity index (χ1) is 10.9. The zero-order valence-electron chi connectivity index (χ0n) is 15.0. The summed E-state index contributed by atoms with van der Waals surface area (Å²) >= 11 is 0. The van der Waals surface area contributed by atoms with Gasteiger partial charge < -0.3 is 10.5 Å². The Morgan fingerprint density at radius 3 is 2.38 bits per heavy atom. The topological polar surface area (TPSA) is 47.6 Å². The van der Waals surface area contributed by atoms with Crippen molar-refractivity contribution in [1.29, 1.82) is 0 Å². The van der Waals surface area contributed by atoms with Crippen LogP contribution in [0.25, 0.3) is 0 Å². The molecule has 0 radical (unpaired) electrons. The normalized spacial score (nSPS) is 13.2. The van der Waals surface area contributed by atoms with Gasteiger partial charge in [0.15, 0.2) is 0 Å². The van der Waals surface area contributed by atoms with E-state index >= 15 is 0 Å². The summed E-state index contributed by atoms with van der Waals surface area (Å²) in [7, 11) is -1.22. The summed E-state index contributed by atoms with van der Waals surface area (Å²) in [5, 5.41) is 0. The number of amidine groups is 1. The molecular formula is C17H27F3N2OSi. The zero-order chi connectivity index (χ0) is 18.5. The Morgan fingerprint density at radius 1 is 1.25 bits per heavy atom. The molecule has 2 N–H and O–H groups in total. The number of nitrogens with zero attached hydrogens (tertiary/aromatic N) is 1. The Labute approximate surface area is 143 Å². The van der Waals surface area contributed by atoms with Crippen LogP contribution in [0.15, 0.2) is 17.1 Å². The number of rotatable bonds is 7. The first-order valence-corrected chi connectivity index (χ1v) is 11.8. The van der Waals surface area contributed by atoms with Gasteiger partial charge in [0.25, 0.3) is 0 Å². The lowest BCUT2D eigenvalue weighted by Gasteiger charge is -2.18. The highest BCUT2D eigenvalue weighted by molar-refractivity contribution is 6.76. The van der Waals surface area contributed by atoms with Crippen molar-refractivity contribution in [1.82, 2.24) is 0 Å². The Kier molecular flexibility index (Phi) is 6.89. The van der Waals surface area contributed by atoms with Gasteiger partial charge in [-0.15, -0.1) is 0 Å². The molecule has 0 aliphatic carbocycles. The third kappa shape index (κ3) is 6.55. The second-order valence-corrected chi connectivity index (χ2v) is 12.7. The van der Waals surface area contributed by atoms with Crippen molar-refractivity contribution < 1.29 is 17.9 Å². The predicted octanol–water partition coefficient (Wildman–Crippen LogP) is 5.52. The standard InChI is InChI=1S/C17H27F3N2OSi/c1-6-16(21)22-14-11-13(17(18,19)20)15(10-12(14)2)23-8-7-9-24(3,4)5/h10-11H,6-9H2,1-5H3,(H2,21,22). The van der Waals surface area contributed by atoms with E-state index in [0.29, 0.717) is 17.8 Å². The molecule has 136 valence electrons. The number of nitrogens with two attached hydrogens (primary N) is 1. The smallest absolute Gasteiger partial charge is 0.420 e. The zero-order valence-corrected chi connectivity index (χ0v) is 16.0. The molecular weight excluding hydrogens is 333 g/mol. The van der Waals surface area contributed by atoms with Gasteiger partial charge in [0.2, 0.25) is 0 Å². The number of ether oxygens (including phenoxy) is 1. The van der Waals surface area contributed by atoms with Crippen LogP contribution in [0.3, 0.4) is 0 Å². The molecule has 0 aliphatic rings. The maximum atomic E-state index is 13.3. The lowest BCUT2D eigenvalue weighted by atomic mass is 10.1. The molecule has 0 amide bonds. The van der Waals surface area contributed by atoms with Gasteiger partial charge in [-0.1, -0.05) is 32.6 Å². The summed E-state index contributed by atoms with van der Waals surface area (Å²) in [5.74, 6) is 0.166. The third-order valence-electron chi connectivity index (χ3n) is 3.56. The van der Waals surface area contributed by atoms with Crippen molar-refractivity contribution in [2.75, 3.05) is 6.61 Å². The molecule has 1 aromatic rings. The minimum Gasteiger partial charge on any atom is -0.493 e. The van der Waals surface area contributed by atoms with Crippen molar-refractivity contribution in [3.8, 4) is 5.75 Å². The van der Waals surface area contributed by atoms with Crippen molar-refractivity contribution in [3.05, 3.63) is 23.3 Å². The van der Waals surface area contributed by atoms with E-state index in [4.69, 9.17) is 10.5 Å². The van der Waals surface area contributed by atoms with E-state index in [0.717, 1.165) is 18.5 Å². The van der Waals surface area contributed by atoms with Gasteiger partial charge in [0.05, 0.1) is 23.7 Å². The molecule has 0 aromatic heterocycles. The Balaban J connectivity index is 3.05. The number of alkyl halides is 3. The second kappa shape index (κ2) is 8.05. The first-order valence-electron chi connectivity index (χ1n) is 8.11. The van der Waals surface area contributed by atoms with E-state index in [1.54, 1.807) is 13.8 Å². The number of hydrogen-bond acceptors (Lipinski definition) is 2. The van der Waals surface area contributed by atoms with E-state index in [1.807, 2.05) is 0 Å². The molecule has 1 aromatic carbocycles. The Hall–Kier alpha value is -1.50. The van der Waals surface area contributed by atoms with Crippen LogP contribution in [-0.4, -0.2) is 20.5 Å². The highest BCUT2D eigenvalue weighted by atomic mass is 28.3. The van der Waals surface area contributed by atoms with Crippen LogP contribution in [0.2, 0.25) is 25.7 Å². The van der Waals surface area contributed by atoms with Crippen LogP contribution in [0.5, 0.6) is 5.75 Å². The maximum Gasteiger partial charge on any atom is 0.420 e. The summed E-state index contributed by atoms with van der Waals surface area (Å²) in [6.45, 7) is 10.5. The van der Waals surface area contributed by atoms with E-state index in [9.17, 15) is 13.2 Å². The highest BCUT2D eigenvalue weighted by Crippen LogP contribution is 2.40. The molecule has 0 unspecified atom stereocenters. The Morgan fingerprint density at radius 2 is 1.88 bits per heavy atom. The van der Waals surface area contributed by atoms with Crippen LogP contribution in [0.1, 0.15) is 30.9 Å². The first kappa shape index (κ1) is 20.5. The molecule has 0 bridgehead atoms. The number of aliphatic imine (C=N–C) groups is 1. The van der Waals surface area contributed by atoms with Crippen LogP contribution in [0.4, 0.5) is 18.9 Å². The van der Waals surface area contributed by atoms with Crippen LogP contribution in [-0.2, 0) is 6.18 Å². The van der Waals surface area contributed by atoms with Crippen LogP contribution < -0.4 is 10.5 Å². The van der Waals surface area contributed by atoms with Gasteiger partial charge in [0, 0.05) is 14.5 Å². The molecule has 7 heteroatoms. The number of aryl methyl sites for hydroxylation is 1. The fraction of sp³-hybridized carbons (Fsp3) is 0.588. The molecule has 0 spiro atoms. The van der Waals surface area contributed by atoms with E-state index < -0.39 is 19.8 Å². The fourth-order valence-electron chi connectivity index (χ4n) is 2.15. The summed E-state index contributed by atoms with van der Waals surface area (Å²) in [4.78, 5) is 4.07. The van der Waals surface area contributed by atoms with E-state index in [1.165, 1.54) is 6.07 Å². The van der Waals surface area contributed by atoms with E-state index in [-0.39, 0.29) is 18.0 Å². The molecule has 0 saturated carbocycles. The average molecular weight is 360 g/mol. The van der Waals surface area contributed by atoms with Crippen LogP contribution >= 0.6 is 0 Å². The molecule has 1 rings (SSSR count). The fourth-order valence-corrected chi connectivity index (χ4v) is 3.35. The summed E-state index contributed by atoms with van der Waals surface area (Å²) in [5.41, 5.74) is 5.69. The minimum atomic E-state index is -4.49. The third-order valence-corrected chi connectivity index (χ3v) is 5.41. The molecule has 3 nitrogen and oxygen atoms in total. The quantitative estimate of drug-likeness (QED) is 0.301. The number of halogens is 3. The van der Waals surface area contributed by atoms with Gasteiger partial charge >= 0.3 is 6.18 Å². The lowest BCUT2D eigenvalue weighted by Crippen LogP contribution is -2.20. The SMILES string of the molecule is CC/C(N)=N/c1cc(C(F)(F)F)c(OCCC[Si](C)(C)C)cc1C. The lowest BCUT2D eigenvalue weighted by molar-refractivity contribution is -0.138. The van der Waals surface area contributed by atoms with Gasteiger partial charge in [-0.25, -0.2) is 4.99 Å². The summed E-state index contributed by atoms with van der Waals surface area (Å²) in [6.07, 6.45) is -3.25. The predicted molar refractivity (Wildman–Crippen MR) is 96.0 cm³/mol. The molecule has 0 heterocycles.